The van der Waals surface area contributed by atoms with Gasteiger partial charge in [-0.05, 0) is 25.0 Å². The Labute approximate surface area is 220 Å². The van der Waals surface area contributed by atoms with E-state index in [4.69, 9.17) is 4.74 Å². The van der Waals surface area contributed by atoms with Crippen LogP contribution in [0.5, 0.6) is 0 Å². The van der Waals surface area contributed by atoms with Gasteiger partial charge in [-0.25, -0.2) is 21.8 Å². The summed E-state index contributed by atoms with van der Waals surface area (Å²) >= 11 is 1.33. The van der Waals surface area contributed by atoms with Crippen LogP contribution < -0.4 is 5.32 Å². The third kappa shape index (κ3) is 6.55. The molecule has 1 aliphatic carbocycles. The van der Waals surface area contributed by atoms with Crippen molar-refractivity contribution in [2.45, 2.75) is 29.5 Å². The summed E-state index contributed by atoms with van der Waals surface area (Å²) in [4.78, 5) is 20.9. The van der Waals surface area contributed by atoms with E-state index in [9.17, 15) is 21.6 Å². The minimum atomic E-state index is -3.33. The quantitative estimate of drug-likeness (QED) is 0.463. The number of hydrogen-bond donors (Lipinski definition) is 1. The zero-order chi connectivity index (χ0) is 26.0. The predicted molar refractivity (Wildman–Crippen MR) is 140 cm³/mol. The highest BCUT2D eigenvalue weighted by Gasteiger charge is 2.36. The Kier molecular flexibility index (Phi) is 7.63. The van der Waals surface area contributed by atoms with Crippen LogP contribution in [0.3, 0.4) is 0 Å². The van der Waals surface area contributed by atoms with Gasteiger partial charge in [0.2, 0.25) is 0 Å². The highest BCUT2D eigenvalue weighted by Crippen LogP contribution is 2.33. The molecule has 1 aromatic carbocycles. The number of sulfone groups is 2. The molecule has 1 N–H and O–H groups in total. The first-order chi connectivity index (χ1) is 17.7. The van der Waals surface area contributed by atoms with Crippen LogP contribution in [0.1, 0.15) is 23.3 Å². The zero-order valence-corrected chi connectivity index (χ0v) is 22.7. The maximum Gasteiger partial charge on any atom is 0.278 e. The Balaban J connectivity index is 1.31. The number of hydrogen-bond acceptors (Lipinski definition) is 11. The molecule has 3 fully saturated rings. The Hall–Kier alpha value is -2.39. The monoisotopic (exact) mass is 567 g/mol. The van der Waals surface area contributed by atoms with E-state index in [1.165, 1.54) is 23.5 Å². The summed E-state index contributed by atoms with van der Waals surface area (Å²) in [6, 6.07) is 6.30. The summed E-state index contributed by atoms with van der Waals surface area (Å²) in [5, 5.41) is 9.27. The first-order valence-corrected chi connectivity index (χ1v) is 16.3. The molecule has 2 saturated heterocycles. The molecule has 11 nitrogen and oxygen atoms in total. The second-order valence-corrected chi connectivity index (χ2v) is 14.9. The largest absolute Gasteiger partial charge is 0.378 e. The van der Waals surface area contributed by atoms with E-state index in [0.717, 1.165) is 4.88 Å². The minimum Gasteiger partial charge on any atom is -0.378 e. The highest BCUT2D eigenvalue weighted by molar-refractivity contribution is 7.92. The molecule has 1 saturated carbocycles. The van der Waals surface area contributed by atoms with Gasteiger partial charge in [-0.2, -0.15) is 5.10 Å². The lowest BCUT2D eigenvalue weighted by Crippen LogP contribution is -2.39. The van der Waals surface area contributed by atoms with Gasteiger partial charge in [-0.1, -0.05) is 12.1 Å². The number of nitrogens with one attached hydrogen (secondary N) is 1. The van der Waals surface area contributed by atoms with Gasteiger partial charge in [-0.3, -0.25) is 20.0 Å². The van der Waals surface area contributed by atoms with Gasteiger partial charge in [0.1, 0.15) is 0 Å². The summed E-state index contributed by atoms with van der Waals surface area (Å²) in [5.41, 5.74) is 0.667. The Morgan fingerprint density at radius 1 is 1.11 bits per heavy atom. The maximum absolute atomic E-state index is 13.3. The van der Waals surface area contributed by atoms with Crippen molar-refractivity contribution >= 4 is 47.8 Å². The first kappa shape index (κ1) is 26.2. The Bertz CT molecular complexity index is 1360. The van der Waals surface area contributed by atoms with Crippen LogP contribution in [-0.2, 0) is 35.8 Å². The number of anilines is 1. The molecule has 0 atom stereocenters. The topological polar surface area (TPSA) is 138 Å². The van der Waals surface area contributed by atoms with Gasteiger partial charge in [0.25, 0.3) is 5.91 Å². The van der Waals surface area contributed by atoms with Crippen molar-refractivity contribution in [3.8, 4) is 0 Å². The Morgan fingerprint density at radius 3 is 2.43 bits per heavy atom. The third-order valence-electron chi connectivity index (χ3n) is 6.45. The molecular formula is C23H29N5O6S3. The minimum absolute atomic E-state index is 0.150. The van der Waals surface area contributed by atoms with E-state index in [-0.39, 0.29) is 27.4 Å². The van der Waals surface area contributed by atoms with Crippen LogP contribution in [0.4, 0.5) is 5.13 Å². The standard InChI is InChI=1S/C23H29N5O6S3/c29-22(25-23-24-15-18(35-23)16-27-9-13-36(30,31)14-10-27)21(26-28-7-11-34-12-8-28)17-1-3-19(4-2-17)37(32,33)20-5-6-20/h1-4,15,20H,5-14,16H2,(H,24,25,29)/b26-21+. The summed E-state index contributed by atoms with van der Waals surface area (Å²) in [7, 11) is -6.28. The number of amides is 1. The van der Waals surface area contributed by atoms with E-state index in [1.54, 1.807) is 23.3 Å². The van der Waals surface area contributed by atoms with Crippen molar-refractivity contribution in [2.75, 3.05) is 56.2 Å². The summed E-state index contributed by atoms with van der Waals surface area (Å²) in [6.07, 6.45) is 3.05. The number of carbonyl (C=O) groups is 1. The van der Waals surface area contributed by atoms with Gasteiger partial charge in [0.05, 0.1) is 48.0 Å². The predicted octanol–water partition coefficient (Wildman–Crippen LogP) is 0.985. The zero-order valence-electron chi connectivity index (χ0n) is 20.2. The third-order valence-corrected chi connectivity index (χ3v) is 11.2. The molecule has 0 bridgehead atoms. The molecule has 2 aliphatic heterocycles. The van der Waals surface area contributed by atoms with E-state index in [0.29, 0.717) is 69.5 Å². The number of hydrazone groups is 1. The Morgan fingerprint density at radius 2 is 1.78 bits per heavy atom. The van der Waals surface area contributed by atoms with Crippen molar-refractivity contribution in [2.24, 2.45) is 5.10 Å². The number of nitrogens with zero attached hydrogens (tertiary/aromatic N) is 4. The molecule has 200 valence electrons. The average Bonchev–Trinajstić information content (AvgIpc) is 3.66. The number of rotatable bonds is 8. The summed E-state index contributed by atoms with van der Waals surface area (Å²) < 4.78 is 53.8. The van der Waals surface area contributed by atoms with Gasteiger partial charge in [-0.15, -0.1) is 11.3 Å². The van der Waals surface area contributed by atoms with Gasteiger partial charge < -0.3 is 4.74 Å². The van der Waals surface area contributed by atoms with Crippen LogP contribution >= 0.6 is 11.3 Å². The number of morpholine rings is 1. The number of thiazole rings is 1. The lowest BCUT2D eigenvalue weighted by atomic mass is 10.1. The van der Waals surface area contributed by atoms with E-state index >= 15 is 0 Å². The van der Waals surface area contributed by atoms with E-state index < -0.39 is 25.6 Å². The fourth-order valence-electron chi connectivity index (χ4n) is 4.13. The fourth-order valence-corrected chi connectivity index (χ4v) is 7.91. The van der Waals surface area contributed by atoms with Crippen LogP contribution in [-0.4, -0.2) is 99.5 Å². The molecule has 3 heterocycles. The van der Waals surface area contributed by atoms with Crippen LogP contribution in [0.15, 0.2) is 40.5 Å². The number of carbonyl (C=O) groups excluding carboxylic acids is 1. The van der Waals surface area contributed by atoms with Crippen molar-refractivity contribution in [1.82, 2.24) is 14.9 Å². The summed E-state index contributed by atoms with van der Waals surface area (Å²) in [5.74, 6) is -0.149. The molecule has 5 rings (SSSR count). The van der Waals surface area contributed by atoms with Crippen LogP contribution in [0.2, 0.25) is 0 Å². The first-order valence-electron chi connectivity index (χ1n) is 12.1. The number of aromatic nitrogens is 1. The second-order valence-electron chi connectivity index (χ2n) is 9.30. The van der Waals surface area contributed by atoms with Gasteiger partial charge >= 0.3 is 0 Å². The lowest BCUT2D eigenvalue weighted by molar-refractivity contribution is -0.110. The molecule has 14 heteroatoms. The van der Waals surface area contributed by atoms with Gasteiger partial charge in [0, 0.05) is 36.3 Å². The maximum atomic E-state index is 13.3. The second kappa shape index (κ2) is 10.8. The molecular weight excluding hydrogens is 538 g/mol. The molecule has 3 aliphatic rings. The smallest absolute Gasteiger partial charge is 0.278 e. The van der Waals surface area contributed by atoms with E-state index in [1.807, 2.05) is 0 Å². The molecule has 0 unspecified atom stereocenters. The van der Waals surface area contributed by atoms with Crippen molar-refractivity contribution < 1.29 is 26.4 Å². The SMILES string of the molecule is O=C(Nc1ncc(CN2CCS(=O)(=O)CC2)s1)/C(=N/N1CCOCC1)c1ccc(S(=O)(=O)C2CC2)cc1. The van der Waals surface area contributed by atoms with Crippen LogP contribution in [0, 0.1) is 0 Å². The van der Waals surface area contributed by atoms with Crippen molar-refractivity contribution in [3.63, 3.8) is 0 Å². The molecule has 37 heavy (non-hydrogen) atoms. The normalized spacial score (nSPS) is 21.1. The average molecular weight is 568 g/mol. The number of benzene rings is 1. The number of ether oxygens (including phenoxy) is 1. The molecule has 1 aromatic heterocycles. The highest BCUT2D eigenvalue weighted by atomic mass is 32.2. The molecule has 1 amide bonds. The molecule has 2 aromatic rings. The van der Waals surface area contributed by atoms with Crippen molar-refractivity contribution in [1.29, 1.82) is 0 Å². The molecule has 0 spiro atoms. The molecule has 0 radical (unpaired) electrons. The van der Waals surface area contributed by atoms with Gasteiger partial charge in [0.15, 0.2) is 30.5 Å². The van der Waals surface area contributed by atoms with Crippen LogP contribution in [0.25, 0.3) is 0 Å². The van der Waals surface area contributed by atoms with E-state index in [2.05, 4.69) is 20.3 Å². The fraction of sp³-hybridized carbons (Fsp3) is 0.522. The van der Waals surface area contributed by atoms with Crippen molar-refractivity contribution in [3.05, 3.63) is 40.9 Å². The summed E-state index contributed by atoms with van der Waals surface area (Å²) in [6.45, 7) is 3.61. The lowest BCUT2D eigenvalue weighted by Gasteiger charge is -2.25.